The molecule has 0 saturated heterocycles. The molecular weight excluding hydrogens is 447 g/mol. The van der Waals surface area contributed by atoms with Gasteiger partial charge in [0.25, 0.3) is 0 Å². The molecule has 3 rings (SSSR count). The van der Waals surface area contributed by atoms with Gasteiger partial charge in [-0.15, -0.1) is 0 Å². The van der Waals surface area contributed by atoms with Gasteiger partial charge in [0.05, 0.1) is 23.6 Å². The quantitative estimate of drug-likeness (QED) is 0.619. The number of ether oxygens (including phenoxy) is 1. The average Bonchev–Trinajstić information content (AvgIpc) is 2.73. The van der Waals surface area contributed by atoms with Gasteiger partial charge < -0.3 is 10.1 Å². The van der Waals surface area contributed by atoms with Crippen LogP contribution in [0.4, 0.5) is 5.69 Å². The van der Waals surface area contributed by atoms with E-state index in [2.05, 4.69) is 5.32 Å². The molecule has 1 amide bonds. The van der Waals surface area contributed by atoms with E-state index in [0.717, 1.165) is 32.1 Å². The van der Waals surface area contributed by atoms with Crippen LogP contribution in [0.2, 0.25) is 10.0 Å². The van der Waals surface area contributed by atoms with E-state index < -0.39 is 15.9 Å². The summed E-state index contributed by atoms with van der Waals surface area (Å²) < 4.78 is 33.1. The molecule has 0 atom stereocenters. The van der Waals surface area contributed by atoms with Gasteiger partial charge in [-0.3, -0.25) is 4.79 Å². The van der Waals surface area contributed by atoms with E-state index in [0.29, 0.717) is 21.5 Å². The minimum atomic E-state index is -3.86. The van der Waals surface area contributed by atoms with Crippen molar-refractivity contribution in [2.45, 2.75) is 43.0 Å². The SMILES string of the molecule is COc1ccc(NC(=O)CN(C2CCCCC2)S(=O)(=O)c2ccc(Cl)cc2)cc1Cl. The molecule has 1 saturated carbocycles. The van der Waals surface area contributed by atoms with Gasteiger partial charge in [-0.2, -0.15) is 4.31 Å². The van der Waals surface area contributed by atoms with Crippen molar-refractivity contribution in [1.82, 2.24) is 4.31 Å². The van der Waals surface area contributed by atoms with Crippen molar-refractivity contribution in [2.24, 2.45) is 0 Å². The van der Waals surface area contributed by atoms with E-state index in [1.54, 1.807) is 18.2 Å². The lowest BCUT2D eigenvalue weighted by atomic mass is 9.95. The van der Waals surface area contributed by atoms with Crippen LogP contribution < -0.4 is 10.1 Å². The van der Waals surface area contributed by atoms with Crippen molar-refractivity contribution in [3.63, 3.8) is 0 Å². The van der Waals surface area contributed by atoms with Crippen LogP contribution in [-0.4, -0.2) is 38.3 Å². The Labute approximate surface area is 187 Å². The predicted molar refractivity (Wildman–Crippen MR) is 119 cm³/mol. The molecular formula is C21H24Cl2N2O4S. The van der Waals surface area contributed by atoms with Crippen LogP contribution in [0.1, 0.15) is 32.1 Å². The highest BCUT2D eigenvalue weighted by Gasteiger charge is 2.34. The van der Waals surface area contributed by atoms with E-state index in [1.165, 1.54) is 35.7 Å². The molecule has 1 aliphatic rings. The zero-order valence-corrected chi connectivity index (χ0v) is 18.9. The van der Waals surface area contributed by atoms with E-state index in [9.17, 15) is 13.2 Å². The molecule has 2 aromatic rings. The Hall–Kier alpha value is -1.80. The molecule has 9 heteroatoms. The molecule has 162 valence electrons. The van der Waals surface area contributed by atoms with Crippen LogP contribution in [0.3, 0.4) is 0 Å². The largest absolute Gasteiger partial charge is 0.495 e. The third-order valence-corrected chi connectivity index (χ3v) is 7.60. The van der Waals surface area contributed by atoms with Crippen molar-refractivity contribution in [3.05, 3.63) is 52.5 Å². The number of hydrogen-bond donors (Lipinski definition) is 1. The summed E-state index contributed by atoms with van der Waals surface area (Å²) in [7, 11) is -2.35. The lowest BCUT2D eigenvalue weighted by molar-refractivity contribution is -0.116. The van der Waals surface area contributed by atoms with Crippen LogP contribution in [0.15, 0.2) is 47.4 Å². The van der Waals surface area contributed by atoms with Crippen molar-refractivity contribution in [3.8, 4) is 5.75 Å². The summed E-state index contributed by atoms with van der Waals surface area (Å²) in [6, 6.07) is 10.6. The standard InChI is InChI=1S/C21H24Cl2N2O4S/c1-29-20-12-9-16(13-19(20)23)24-21(26)14-25(17-5-3-2-4-6-17)30(27,28)18-10-7-15(22)8-11-18/h7-13,17H,2-6,14H2,1H3,(H,24,26). The summed E-state index contributed by atoms with van der Waals surface area (Å²) >= 11 is 12.0. The number of methoxy groups -OCH3 is 1. The van der Waals surface area contributed by atoms with Crippen LogP contribution in [0.5, 0.6) is 5.75 Å². The van der Waals surface area contributed by atoms with Gasteiger partial charge in [-0.1, -0.05) is 42.5 Å². The van der Waals surface area contributed by atoms with Gasteiger partial charge in [0.1, 0.15) is 5.75 Å². The number of benzene rings is 2. The third-order valence-electron chi connectivity index (χ3n) is 5.14. The Balaban J connectivity index is 1.82. The molecule has 1 fully saturated rings. The zero-order valence-electron chi connectivity index (χ0n) is 16.6. The molecule has 0 spiro atoms. The van der Waals surface area contributed by atoms with E-state index in [-0.39, 0.29) is 17.5 Å². The number of sulfonamides is 1. The first-order chi connectivity index (χ1) is 14.3. The maximum atomic E-state index is 13.3. The summed E-state index contributed by atoms with van der Waals surface area (Å²) in [6.07, 6.45) is 4.41. The molecule has 1 N–H and O–H groups in total. The van der Waals surface area contributed by atoms with Gasteiger partial charge in [0.2, 0.25) is 15.9 Å². The number of hydrogen-bond acceptors (Lipinski definition) is 4. The second-order valence-corrected chi connectivity index (χ2v) is 9.93. The zero-order chi connectivity index (χ0) is 21.7. The van der Waals surface area contributed by atoms with Gasteiger partial charge in [-0.25, -0.2) is 8.42 Å². The summed E-state index contributed by atoms with van der Waals surface area (Å²) in [5, 5.41) is 3.54. The molecule has 0 radical (unpaired) electrons. The lowest BCUT2D eigenvalue weighted by Crippen LogP contribution is -2.45. The molecule has 0 heterocycles. The topological polar surface area (TPSA) is 75.7 Å². The number of amides is 1. The second kappa shape index (κ2) is 10.0. The van der Waals surface area contributed by atoms with Gasteiger partial charge in [0.15, 0.2) is 0 Å². The highest BCUT2D eigenvalue weighted by atomic mass is 35.5. The number of halogens is 2. The average molecular weight is 471 g/mol. The number of rotatable bonds is 7. The normalized spacial score (nSPS) is 15.2. The van der Waals surface area contributed by atoms with Crippen LogP contribution in [0, 0.1) is 0 Å². The number of carbonyl (C=O) groups is 1. The van der Waals surface area contributed by atoms with Crippen molar-refractivity contribution >= 4 is 44.8 Å². The lowest BCUT2D eigenvalue weighted by Gasteiger charge is -2.33. The van der Waals surface area contributed by atoms with Crippen molar-refractivity contribution in [2.75, 3.05) is 19.0 Å². The van der Waals surface area contributed by atoms with Gasteiger partial charge in [-0.05, 0) is 55.3 Å². The molecule has 0 bridgehead atoms. The predicted octanol–water partition coefficient (Wildman–Crippen LogP) is 4.96. The molecule has 2 aromatic carbocycles. The Bertz CT molecular complexity index is 991. The highest BCUT2D eigenvalue weighted by molar-refractivity contribution is 7.89. The number of nitrogens with one attached hydrogen (secondary N) is 1. The Morgan fingerprint density at radius 1 is 1.10 bits per heavy atom. The van der Waals surface area contributed by atoms with Crippen LogP contribution in [-0.2, 0) is 14.8 Å². The second-order valence-electron chi connectivity index (χ2n) is 7.19. The highest BCUT2D eigenvalue weighted by Crippen LogP contribution is 2.29. The Kier molecular flexibility index (Phi) is 7.63. The maximum absolute atomic E-state index is 13.3. The van der Waals surface area contributed by atoms with Crippen molar-refractivity contribution < 1.29 is 17.9 Å². The molecule has 0 aromatic heterocycles. The number of anilines is 1. The molecule has 0 aliphatic heterocycles. The summed E-state index contributed by atoms with van der Waals surface area (Å²) in [5.74, 6) is 0.0585. The summed E-state index contributed by atoms with van der Waals surface area (Å²) in [6.45, 7) is -0.278. The summed E-state index contributed by atoms with van der Waals surface area (Å²) in [5.41, 5.74) is 0.471. The first-order valence-electron chi connectivity index (χ1n) is 9.72. The smallest absolute Gasteiger partial charge is 0.243 e. The van der Waals surface area contributed by atoms with E-state index in [1.807, 2.05) is 0 Å². The fourth-order valence-electron chi connectivity index (χ4n) is 3.61. The van der Waals surface area contributed by atoms with E-state index >= 15 is 0 Å². The van der Waals surface area contributed by atoms with Gasteiger partial charge >= 0.3 is 0 Å². The summed E-state index contributed by atoms with van der Waals surface area (Å²) in [4.78, 5) is 12.9. The van der Waals surface area contributed by atoms with E-state index in [4.69, 9.17) is 27.9 Å². The van der Waals surface area contributed by atoms with Crippen LogP contribution >= 0.6 is 23.2 Å². The minimum Gasteiger partial charge on any atom is -0.495 e. The molecule has 0 unspecified atom stereocenters. The maximum Gasteiger partial charge on any atom is 0.243 e. The Morgan fingerprint density at radius 3 is 2.37 bits per heavy atom. The minimum absolute atomic E-state index is 0.123. The molecule has 6 nitrogen and oxygen atoms in total. The van der Waals surface area contributed by atoms with Gasteiger partial charge in [0, 0.05) is 16.8 Å². The fraction of sp³-hybridized carbons (Fsp3) is 0.381. The first-order valence-corrected chi connectivity index (χ1v) is 11.9. The fourth-order valence-corrected chi connectivity index (χ4v) is 5.63. The molecule has 30 heavy (non-hydrogen) atoms. The molecule has 1 aliphatic carbocycles. The number of carbonyl (C=O) groups excluding carboxylic acids is 1. The Morgan fingerprint density at radius 2 is 1.77 bits per heavy atom. The van der Waals surface area contributed by atoms with Crippen LogP contribution in [0.25, 0.3) is 0 Å². The first kappa shape index (κ1) is 22.9. The number of nitrogens with zero attached hydrogens (tertiary/aromatic N) is 1. The third kappa shape index (κ3) is 5.46. The monoisotopic (exact) mass is 470 g/mol. The van der Waals surface area contributed by atoms with Crippen molar-refractivity contribution in [1.29, 1.82) is 0 Å².